The summed E-state index contributed by atoms with van der Waals surface area (Å²) in [5, 5.41) is 23.2. The van der Waals surface area contributed by atoms with Crippen molar-refractivity contribution >= 4 is 46.7 Å². The Balaban J connectivity index is 2.07. The zero-order valence-electron chi connectivity index (χ0n) is 11.2. The van der Waals surface area contributed by atoms with Crippen LogP contribution in [0.25, 0.3) is 0 Å². The zero-order chi connectivity index (χ0) is 17.0. The highest BCUT2D eigenvalue weighted by atomic mass is 35.5. The van der Waals surface area contributed by atoms with Crippen LogP contribution in [0.3, 0.4) is 0 Å². The molecule has 1 heterocycles. The Labute approximate surface area is 138 Å². The van der Waals surface area contributed by atoms with Gasteiger partial charge in [-0.05, 0) is 24.3 Å². The molecule has 0 aliphatic heterocycles. The van der Waals surface area contributed by atoms with Gasteiger partial charge in [0.05, 0.1) is 11.1 Å². The van der Waals surface area contributed by atoms with E-state index in [0.717, 1.165) is 17.4 Å². The fourth-order valence-corrected chi connectivity index (χ4v) is 2.46. The molecule has 2 N–H and O–H groups in total. The molecule has 0 saturated carbocycles. The Bertz CT molecular complexity index is 818. The number of thiophene rings is 1. The first-order valence-corrected chi connectivity index (χ1v) is 7.18. The second kappa shape index (κ2) is 6.99. The molecule has 118 valence electrons. The number of aromatic carboxylic acids is 1. The van der Waals surface area contributed by atoms with Gasteiger partial charge in [-0.25, -0.2) is 10.2 Å². The van der Waals surface area contributed by atoms with Crippen LogP contribution in [-0.4, -0.2) is 28.1 Å². The highest BCUT2D eigenvalue weighted by Gasteiger charge is 2.16. The van der Waals surface area contributed by atoms with E-state index in [1.165, 1.54) is 30.5 Å². The van der Waals surface area contributed by atoms with Gasteiger partial charge in [-0.2, -0.15) is 5.10 Å². The van der Waals surface area contributed by atoms with Crippen LogP contribution in [0.2, 0.25) is 5.02 Å². The number of halogens is 1. The Morgan fingerprint density at radius 3 is 2.70 bits per heavy atom. The third kappa shape index (κ3) is 4.11. The molecule has 8 nitrogen and oxygen atoms in total. The molecule has 0 saturated heterocycles. The lowest BCUT2D eigenvalue weighted by Gasteiger charge is -2.00. The summed E-state index contributed by atoms with van der Waals surface area (Å²) in [5.41, 5.74) is 1.84. The van der Waals surface area contributed by atoms with E-state index in [1.54, 1.807) is 0 Å². The Hall–Kier alpha value is -2.78. The molecule has 0 atom stereocenters. The van der Waals surface area contributed by atoms with E-state index in [1.807, 2.05) is 0 Å². The van der Waals surface area contributed by atoms with Crippen molar-refractivity contribution in [3.8, 4) is 0 Å². The number of hydrazone groups is 1. The largest absolute Gasteiger partial charge is 0.477 e. The Kier molecular flexibility index (Phi) is 5.04. The number of hydrogen-bond donors (Lipinski definition) is 2. The Morgan fingerprint density at radius 2 is 2.09 bits per heavy atom. The summed E-state index contributed by atoms with van der Waals surface area (Å²) in [5.74, 6) is -1.71. The minimum absolute atomic E-state index is 0.0238. The SMILES string of the molecule is O=C(N/N=C/c1ccc(C(=O)O)s1)c1ccc(Cl)c([N+](=O)[O-])c1. The number of carbonyl (C=O) groups is 2. The highest BCUT2D eigenvalue weighted by Crippen LogP contribution is 2.25. The van der Waals surface area contributed by atoms with Crippen LogP contribution < -0.4 is 5.43 Å². The number of benzene rings is 1. The number of nitro groups is 1. The van der Waals surface area contributed by atoms with E-state index < -0.39 is 16.8 Å². The fourth-order valence-electron chi connectivity index (χ4n) is 1.55. The minimum atomic E-state index is -1.05. The van der Waals surface area contributed by atoms with E-state index in [4.69, 9.17) is 16.7 Å². The second-order valence-corrected chi connectivity index (χ2v) is 5.65. The quantitative estimate of drug-likeness (QED) is 0.486. The number of carboxylic acid groups (broad SMARTS) is 1. The summed E-state index contributed by atoms with van der Waals surface area (Å²) in [4.78, 5) is 33.3. The topological polar surface area (TPSA) is 122 Å². The maximum absolute atomic E-state index is 11.9. The van der Waals surface area contributed by atoms with Crippen LogP contribution >= 0.6 is 22.9 Å². The number of carboxylic acids is 1. The number of nitro benzene ring substituents is 1. The van der Waals surface area contributed by atoms with Crippen LogP contribution in [0.5, 0.6) is 0 Å². The van der Waals surface area contributed by atoms with Crippen molar-refractivity contribution in [2.45, 2.75) is 0 Å². The first-order chi connectivity index (χ1) is 10.9. The number of nitrogens with one attached hydrogen (secondary N) is 1. The summed E-state index contributed by atoms with van der Waals surface area (Å²) in [6, 6.07) is 6.57. The van der Waals surface area contributed by atoms with Crippen molar-refractivity contribution in [3.63, 3.8) is 0 Å². The van der Waals surface area contributed by atoms with Gasteiger partial charge < -0.3 is 5.11 Å². The molecule has 1 amide bonds. The van der Waals surface area contributed by atoms with Crippen molar-refractivity contribution in [2.75, 3.05) is 0 Å². The molecule has 0 fully saturated rings. The average molecular weight is 354 g/mol. The number of hydrogen-bond acceptors (Lipinski definition) is 6. The molecule has 2 rings (SSSR count). The molecular weight excluding hydrogens is 346 g/mol. The van der Waals surface area contributed by atoms with Gasteiger partial charge in [-0.3, -0.25) is 14.9 Å². The van der Waals surface area contributed by atoms with Gasteiger partial charge in [0.2, 0.25) is 0 Å². The van der Waals surface area contributed by atoms with Crippen LogP contribution in [0, 0.1) is 10.1 Å². The van der Waals surface area contributed by atoms with Gasteiger partial charge in [-0.1, -0.05) is 11.6 Å². The molecule has 1 aromatic carbocycles. The van der Waals surface area contributed by atoms with Crippen LogP contribution in [-0.2, 0) is 0 Å². The molecular formula is C13H8ClN3O5S. The summed E-state index contributed by atoms with van der Waals surface area (Å²) < 4.78 is 0. The van der Waals surface area contributed by atoms with Crippen molar-refractivity contribution in [1.82, 2.24) is 5.43 Å². The highest BCUT2D eigenvalue weighted by molar-refractivity contribution is 7.15. The number of nitrogens with zero attached hydrogens (tertiary/aromatic N) is 2. The maximum atomic E-state index is 11.9. The van der Waals surface area contributed by atoms with Gasteiger partial charge in [-0.15, -0.1) is 11.3 Å². The standard InChI is InChI=1S/C13H8ClN3O5S/c14-9-3-1-7(5-10(9)17(21)22)12(18)16-15-6-8-2-4-11(23-8)13(19)20/h1-6H,(H,16,18)(H,19,20)/b15-6+. The average Bonchev–Trinajstić information content (AvgIpc) is 2.96. The molecule has 0 radical (unpaired) electrons. The lowest BCUT2D eigenvalue weighted by molar-refractivity contribution is -0.384. The minimum Gasteiger partial charge on any atom is -0.477 e. The number of amides is 1. The molecule has 0 bridgehead atoms. The van der Waals surface area contributed by atoms with Gasteiger partial charge in [0.1, 0.15) is 9.90 Å². The smallest absolute Gasteiger partial charge is 0.345 e. The predicted molar refractivity (Wildman–Crippen MR) is 84.4 cm³/mol. The second-order valence-electron chi connectivity index (χ2n) is 4.13. The lowest BCUT2D eigenvalue weighted by atomic mass is 10.2. The third-order valence-electron chi connectivity index (χ3n) is 2.60. The monoisotopic (exact) mass is 353 g/mol. The number of carbonyl (C=O) groups excluding carboxylic acids is 1. The summed E-state index contributed by atoms with van der Waals surface area (Å²) in [7, 11) is 0. The zero-order valence-corrected chi connectivity index (χ0v) is 12.8. The van der Waals surface area contributed by atoms with Crippen molar-refractivity contribution in [3.05, 3.63) is 60.8 Å². The molecule has 0 aliphatic rings. The molecule has 0 spiro atoms. The van der Waals surface area contributed by atoms with E-state index >= 15 is 0 Å². The molecule has 10 heteroatoms. The summed E-state index contributed by atoms with van der Waals surface area (Å²) in [6.07, 6.45) is 1.28. The van der Waals surface area contributed by atoms with Crippen LogP contribution in [0.1, 0.15) is 24.9 Å². The van der Waals surface area contributed by atoms with E-state index in [9.17, 15) is 19.7 Å². The summed E-state index contributed by atoms with van der Waals surface area (Å²) in [6.45, 7) is 0. The molecule has 1 aromatic heterocycles. The van der Waals surface area contributed by atoms with Crippen LogP contribution in [0.15, 0.2) is 35.4 Å². The van der Waals surface area contributed by atoms with E-state index in [2.05, 4.69) is 10.5 Å². The summed E-state index contributed by atoms with van der Waals surface area (Å²) >= 11 is 6.65. The lowest BCUT2D eigenvalue weighted by Crippen LogP contribution is -2.17. The van der Waals surface area contributed by atoms with Gasteiger partial charge in [0.15, 0.2) is 0 Å². The van der Waals surface area contributed by atoms with Crippen molar-refractivity contribution in [2.24, 2.45) is 5.10 Å². The predicted octanol–water partition coefficient (Wildman–Crippen LogP) is 2.77. The molecule has 2 aromatic rings. The van der Waals surface area contributed by atoms with Crippen molar-refractivity contribution in [1.29, 1.82) is 0 Å². The molecule has 0 unspecified atom stereocenters. The molecule has 0 aliphatic carbocycles. The first-order valence-electron chi connectivity index (χ1n) is 5.99. The van der Waals surface area contributed by atoms with Gasteiger partial charge in [0, 0.05) is 16.5 Å². The molecule has 23 heavy (non-hydrogen) atoms. The van der Waals surface area contributed by atoms with Crippen molar-refractivity contribution < 1.29 is 19.6 Å². The van der Waals surface area contributed by atoms with E-state index in [0.29, 0.717) is 4.88 Å². The third-order valence-corrected chi connectivity index (χ3v) is 3.93. The number of rotatable bonds is 5. The first kappa shape index (κ1) is 16.6. The van der Waals surface area contributed by atoms with Crippen LogP contribution in [0.4, 0.5) is 5.69 Å². The normalized spacial score (nSPS) is 10.7. The Morgan fingerprint density at radius 1 is 1.35 bits per heavy atom. The van der Waals surface area contributed by atoms with Gasteiger partial charge in [0.25, 0.3) is 11.6 Å². The fraction of sp³-hybridized carbons (Fsp3) is 0. The van der Waals surface area contributed by atoms with E-state index in [-0.39, 0.29) is 21.2 Å². The maximum Gasteiger partial charge on any atom is 0.345 e. The van der Waals surface area contributed by atoms with Gasteiger partial charge >= 0.3 is 5.97 Å².